The summed E-state index contributed by atoms with van der Waals surface area (Å²) in [5, 5.41) is 0. The van der Waals surface area contributed by atoms with E-state index in [1.165, 1.54) is 49.6 Å². The third kappa shape index (κ3) is 3.55. The van der Waals surface area contributed by atoms with E-state index >= 15 is 0 Å². The molecule has 0 bridgehead atoms. The highest BCUT2D eigenvalue weighted by atomic mass is 32.2. The quantitative estimate of drug-likeness (QED) is 0.828. The van der Waals surface area contributed by atoms with Crippen LogP contribution in [0.15, 0.2) is 47.4 Å². The molecule has 0 aliphatic heterocycles. The van der Waals surface area contributed by atoms with E-state index in [0.29, 0.717) is 11.3 Å². The van der Waals surface area contributed by atoms with Gasteiger partial charge >= 0.3 is 0 Å². The zero-order valence-electron chi connectivity index (χ0n) is 12.2. The number of nitrogens with two attached hydrogens (primary N) is 1. The molecule has 0 saturated heterocycles. The second-order valence-electron chi connectivity index (χ2n) is 4.81. The van der Waals surface area contributed by atoms with Gasteiger partial charge in [-0.15, -0.1) is 0 Å². The highest BCUT2D eigenvalue weighted by Gasteiger charge is 2.19. The molecule has 7 heteroatoms. The molecule has 5 nitrogen and oxygen atoms in total. The van der Waals surface area contributed by atoms with Gasteiger partial charge in [0.05, 0.1) is 12.0 Å². The van der Waals surface area contributed by atoms with E-state index in [9.17, 15) is 12.8 Å². The summed E-state index contributed by atoms with van der Waals surface area (Å²) in [5.74, 6) is -0.434. The molecule has 3 N–H and O–H groups in total. The van der Waals surface area contributed by atoms with Crippen LogP contribution >= 0.6 is 0 Å². The Bertz CT molecular complexity index is 761. The lowest BCUT2D eigenvalue weighted by Gasteiger charge is -2.16. The standard InChI is InChI=1S/C15H17FN2O3S/c1-10(11-3-8-14(16)15(9-11)21-2)18-22(19,20)13-6-4-12(17)5-7-13/h3-10,18H,17H2,1-2H3/t10-/m0/s1. The lowest BCUT2D eigenvalue weighted by atomic mass is 10.1. The van der Waals surface area contributed by atoms with Gasteiger partial charge in [0.1, 0.15) is 0 Å². The number of hydrogen-bond acceptors (Lipinski definition) is 4. The Morgan fingerprint density at radius 2 is 1.82 bits per heavy atom. The van der Waals surface area contributed by atoms with Gasteiger partial charge < -0.3 is 10.5 Å². The molecule has 0 fully saturated rings. The van der Waals surface area contributed by atoms with E-state index in [0.717, 1.165) is 0 Å². The number of rotatable bonds is 5. The summed E-state index contributed by atoms with van der Waals surface area (Å²) in [6.45, 7) is 1.67. The van der Waals surface area contributed by atoms with Gasteiger partial charge in [-0.25, -0.2) is 17.5 Å². The van der Waals surface area contributed by atoms with E-state index in [-0.39, 0.29) is 10.6 Å². The van der Waals surface area contributed by atoms with Crippen molar-refractivity contribution in [2.45, 2.75) is 17.9 Å². The summed E-state index contributed by atoms with van der Waals surface area (Å²) >= 11 is 0. The maximum Gasteiger partial charge on any atom is 0.241 e. The Kier molecular flexibility index (Phi) is 4.68. The van der Waals surface area contributed by atoms with Crippen molar-refractivity contribution in [3.05, 3.63) is 53.8 Å². The van der Waals surface area contributed by atoms with Crippen molar-refractivity contribution in [2.75, 3.05) is 12.8 Å². The number of nitrogens with one attached hydrogen (secondary N) is 1. The number of benzene rings is 2. The Balaban J connectivity index is 2.24. The summed E-state index contributed by atoms with van der Waals surface area (Å²) in [6.07, 6.45) is 0. The van der Waals surface area contributed by atoms with Crippen LogP contribution in [0.5, 0.6) is 5.75 Å². The zero-order valence-corrected chi connectivity index (χ0v) is 13.0. The van der Waals surface area contributed by atoms with Crippen molar-refractivity contribution in [3.63, 3.8) is 0 Å². The van der Waals surface area contributed by atoms with Gasteiger partial charge in [-0.2, -0.15) is 0 Å². The van der Waals surface area contributed by atoms with Crippen molar-refractivity contribution >= 4 is 15.7 Å². The molecule has 0 amide bonds. The summed E-state index contributed by atoms with van der Waals surface area (Å²) in [6, 6.07) is 9.55. The third-order valence-electron chi connectivity index (χ3n) is 3.20. The number of anilines is 1. The van der Waals surface area contributed by atoms with E-state index in [1.807, 2.05) is 0 Å². The first-order valence-corrected chi connectivity index (χ1v) is 8.03. The molecule has 0 unspecified atom stereocenters. The molecule has 0 aliphatic rings. The first-order valence-electron chi connectivity index (χ1n) is 6.55. The van der Waals surface area contributed by atoms with Crippen LogP contribution in [0.4, 0.5) is 10.1 Å². The number of hydrogen-bond donors (Lipinski definition) is 2. The zero-order chi connectivity index (χ0) is 16.3. The number of nitrogen functional groups attached to an aromatic ring is 1. The molecule has 118 valence electrons. The Labute approximate surface area is 129 Å². The lowest BCUT2D eigenvalue weighted by Crippen LogP contribution is -2.27. The minimum Gasteiger partial charge on any atom is -0.494 e. The molecular formula is C15H17FN2O3S. The van der Waals surface area contributed by atoms with Gasteiger partial charge in [0.2, 0.25) is 10.0 Å². The highest BCUT2D eigenvalue weighted by molar-refractivity contribution is 7.89. The molecule has 22 heavy (non-hydrogen) atoms. The van der Waals surface area contributed by atoms with Crippen LogP contribution in [0.25, 0.3) is 0 Å². The monoisotopic (exact) mass is 324 g/mol. The second kappa shape index (κ2) is 6.33. The SMILES string of the molecule is COc1cc([C@H](C)NS(=O)(=O)c2ccc(N)cc2)ccc1F. The van der Waals surface area contributed by atoms with Crippen LogP contribution in [-0.2, 0) is 10.0 Å². The average molecular weight is 324 g/mol. The lowest BCUT2D eigenvalue weighted by molar-refractivity contribution is 0.385. The number of ether oxygens (including phenoxy) is 1. The van der Waals surface area contributed by atoms with Gasteiger partial charge in [-0.1, -0.05) is 6.07 Å². The second-order valence-corrected chi connectivity index (χ2v) is 6.52. The molecule has 0 radical (unpaired) electrons. The van der Waals surface area contributed by atoms with Gasteiger partial charge in [0, 0.05) is 11.7 Å². The van der Waals surface area contributed by atoms with Crippen LogP contribution in [0.3, 0.4) is 0 Å². The van der Waals surface area contributed by atoms with Crippen LogP contribution < -0.4 is 15.2 Å². The summed E-state index contributed by atoms with van der Waals surface area (Å²) in [7, 11) is -2.34. The minimum absolute atomic E-state index is 0.0658. The maximum absolute atomic E-state index is 13.4. The van der Waals surface area contributed by atoms with Crippen molar-refractivity contribution < 1.29 is 17.5 Å². The molecule has 0 spiro atoms. The van der Waals surface area contributed by atoms with E-state index < -0.39 is 21.9 Å². The normalized spacial score (nSPS) is 12.9. The van der Waals surface area contributed by atoms with Crippen LogP contribution in [0, 0.1) is 5.82 Å². The Morgan fingerprint density at radius 1 is 1.18 bits per heavy atom. The Hall–Kier alpha value is -2.12. The fraction of sp³-hybridized carbons (Fsp3) is 0.200. The fourth-order valence-corrected chi connectivity index (χ4v) is 3.19. The van der Waals surface area contributed by atoms with Crippen molar-refractivity contribution in [2.24, 2.45) is 0 Å². The van der Waals surface area contributed by atoms with Gasteiger partial charge in [-0.3, -0.25) is 0 Å². The Morgan fingerprint density at radius 3 is 2.41 bits per heavy atom. The van der Waals surface area contributed by atoms with Gasteiger partial charge in [0.15, 0.2) is 11.6 Å². The highest BCUT2D eigenvalue weighted by Crippen LogP contribution is 2.24. The van der Waals surface area contributed by atoms with Crippen LogP contribution in [-0.4, -0.2) is 15.5 Å². The molecule has 0 saturated carbocycles. The molecule has 1 atom stereocenters. The number of sulfonamides is 1. The van der Waals surface area contributed by atoms with Crippen molar-refractivity contribution in [3.8, 4) is 5.75 Å². The molecule has 0 aliphatic carbocycles. The van der Waals surface area contributed by atoms with Gasteiger partial charge in [0.25, 0.3) is 0 Å². The molecule has 0 aromatic heterocycles. The predicted octanol–water partition coefficient (Wildman–Crippen LogP) is 2.46. The van der Waals surface area contributed by atoms with Crippen molar-refractivity contribution in [1.29, 1.82) is 0 Å². The maximum atomic E-state index is 13.4. The van der Waals surface area contributed by atoms with Crippen LogP contribution in [0.1, 0.15) is 18.5 Å². The average Bonchev–Trinajstić information content (AvgIpc) is 2.47. The summed E-state index contributed by atoms with van der Waals surface area (Å²) in [5.41, 5.74) is 6.62. The van der Waals surface area contributed by atoms with Crippen molar-refractivity contribution in [1.82, 2.24) is 4.72 Å². The van der Waals surface area contributed by atoms with E-state index in [1.54, 1.807) is 6.92 Å². The minimum atomic E-state index is -3.69. The first kappa shape index (κ1) is 16.3. The molecule has 0 heterocycles. The fourth-order valence-electron chi connectivity index (χ4n) is 1.96. The number of methoxy groups -OCH3 is 1. The van der Waals surface area contributed by atoms with Gasteiger partial charge in [-0.05, 0) is 48.9 Å². The molecular weight excluding hydrogens is 307 g/mol. The smallest absolute Gasteiger partial charge is 0.241 e. The molecule has 2 rings (SSSR count). The topological polar surface area (TPSA) is 81.4 Å². The summed E-state index contributed by atoms with van der Waals surface area (Å²) in [4.78, 5) is 0.114. The van der Waals surface area contributed by atoms with E-state index in [4.69, 9.17) is 10.5 Å². The van der Waals surface area contributed by atoms with E-state index in [2.05, 4.69) is 4.72 Å². The first-order chi connectivity index (χ1) is 10.3. The molecule has 2 aromatic rings. The third-order valence-corrected chi connectivity index (χ3v) is 4.75. The largest absolute Gasteiger partial charge is 0.494 e. The molecule has 2 aromatic carbocycles. The van der Waals surface area contributed by atoms with Crippen LogP contribution in [0.2, 0.25) is 0 Å². The summed E-state index contributed by atoms with van der Waals surface area (Å²) < 4.78 is 45.4. The number of halogens is 1. The predicted molar refractivity (Wildman–Crippen MR) is 82.5 cm³/mol.